The number of aryl methyl sites for hydroxylation is 1. The Morgan fingerprint density at radius 3 is 3.06 bits per heavy atom. The zero-order valence-corrected chi connectivity index (χ0v) is 9.51. The maximum absolute atomic E-state index is 12.3. The first-order valence-corrected chi connectivity index (χ1v) is 5.61. The average molecular weight is 228 g/mol. The van der Waals surface area contributed by atoms with Crippen LogP contribution in [0.2, 0.25) is 0 Å². The predicted octanol–water partition coefficient (Wildman–Crippen LogP) is 2.49. The highest BCUT2D eigenvalue weighted by Crippen LogP contribution is 2.16. The lowest BCUT2D eigenvalue weighted by molar-refractivity contribution is 0.599. The van der Waals surface area contributed by atoms with Crippen LogP contribution >= 0.6 is 0 Å². The van der Waals surface area contributed by atoms with Crippen LogP contribution in [0.4, 0.5) is 0 Å². The lowest BCUT2D eigenvalue weighted by Gasteiger charge is -2.12. The molecule has 4 heteroatoms. The first-order chi connectivity index (χ1) is 8.27. The third-order valence-electron chi connectivity index (χ3n) is 2.90. The minimum atomic E-state index is -0.0703. The molecule has 1 aliphatic rings. The second-order valence-corrected chi connectivity index (χ2v) is 4.05. The molecule has 0 radical (unpaired) electrons. The van der Waals surface area contributed by atoms with Gasteiger partial charge < -0.3 is 4.42 Å². The Hall–Kier alpha value is -2.10. The van der Waals surface area contributed by atoms with E-state index in [0.29, 0.717) is 16.9 Å². The zero-order valence-electron chi connectivity index (χ0n) is 9.51. The molecule has 0 N–H and O–H groups in total. The van der Waals surface area contributed by atoms with Crippen LogP contribution in [-0.4, -0.2) is 9.55 Å². The van der Waals surface area contributed by atoms with Gasteiger partial charge in [-0.25, -0.2) is 0 Å². The lowest BCUT2D eigenvalue weighted by Crippen LogP contribution is -2.22. The third kappa shape index (κ3) is 1.53. The van der Waals surface area contributed by atoms with Crippen LogP contribution < -0.4 is 5.56 Å². The maximum atomic E-state index is 12.3. The Kier molecular flexibility index (Phi) is 2.21. The molecule has 17 heavy (non-hydrogen) atoms. The monoisotopic (exact) mass is 228 g/mol. The van der Waals surface area contributed by atoms with E-state index in [1.165, 1.54) is 6.26 Å². The number of nitrogens with zero attached hydrogens (tertiary/aromatic N) is 2. The standard InChI is InChI=1S/C13H12N2O2/c1-9-14-12-11(7-8-17-12)13(16)15(9)10-5-3-2-4-6-10/h3,5-8H,2,4H2,1H3. The summed E-state index contributed by atoms with van der Waals surface area (Å²) in [6.45, 7) is 1.81. The number of hydrogen-bond donors (Lipinski definition) is 0. The van der Waals surface area contributed by atoms with Crippen molar-refractivity contribution in [2.45, 2.75) is 19.8 Å². The molecule has 1 aliphatic carbocycles. The molecule has 0 fully saturated rings. The summed E-state index contributed by atoms with van der Waals surface area (Å²) >= 11 is 0. The van der Waals surface area contributed by atoms with Crippen LogP contribution in [0, 0.1) is 6.92 Å². The highest BCUT2D eigenvalue weighted by Gasteiger charge is 2.12. The molecule has 4 nitrogen and oxygen atoms in total. The Morgan fingerprint density at radius 1 is 1.41 bits per heavy atom. The van der Waals surface area contributed by atoms with Crippen LogP contribution in [-0.2, 0) is 0 Å². The summed E-state index contributed by atoms with van der Waals surface area (Å²) in [5.74, 6) is 0.648. The van der Waals surface area contributed by atoms with Crippen molar-refractivity contribution >= 4 is 16.8 Å². The quantitative estimate of drug-likeness (QED) is 0.753. The molecule has 86 valence electrons. The van der Waals surface area contributed by atoms with E-state index in [-0.39, 0.29) is 5.56 Å². The van der Waals surface area contributed by atoms with E-state index in [9.17, 15) is 4.79 Å². The molecule has 2 aromatic heterocycles. The van der Waals surface area contributed by atoms with Crippen LogP contribution in [0.3, 0.4) is 0 Å². The van der Waals surface area contributed by atoms with Gasteiger partial charge in [0.1, 0.15) is 11.2 Å². The molecule has 0 spiro atoms. The molecule has 0 saturated heterocycles. The molecule has 0 bridgehead atoms. The maximum Gasteiger partial charge on any atom is 0.269 e. The summed E-state index contributed by atoms with van der Waals surface area (Å²) in [6, 6.07) is 1.66. The molecule has 3 rings (SSSR count). The van der Waals surface area contributed by atoms with Gasteiger partial charge >= 0.3 is 0 Å². The Bertz CT molecular complexity index is 689. The Labute approximate surface area is 97.9 Å². The van der Waals surface area contributed by atoms with Gasteiger partial charge in [0, 0.05) is 5.70 Å². The van der Waals surface area contributed by atoms with Crippen molar-refractivity contribution in [1.82, 2.24) is 9.55 Å². The molecule has 0 aromatic carbocycles. The Balaban J connectivity index is 2.32. The summed E-state index contributed by atoms with van der Waals surface area (Å²) in [5.41, 5.74) is 1.23. The topological polar surface area (TPSA) is 48.0 Å². The molecule has 0 atom stereocenters. The largest absolute Gasteiger partial charge is 0.446 e. The van der Waals surface area contributed by atoms with Gasteiger partial charge in [-0.05, 0) is 31.9 Å². The smallest absolute Gasteiger partial charge is 0.269 e. The van der Waals surface area contributed by atoms with Crippen LogP contribution in [0.25, 0.3) is 16.8 Å². The first-order valence-electron chi connectivity index (χ1n) is 5.61. The molecule has 0 amide bonds. The van der Waals surface area contributed by atoms with Crippen molar-refractivity contribution in [3.8, 4) is 0 Å². The molecule has 0 unspecified atom stereocenters. The minimum absolute atomic E-state index is 0.0703. The summed E-state index contributed by atoms with van der Waals surface area (Å²) in [6.07, 6.45) is 9.57. The van der Waals surface area contributed by atoms with Gasteiger partial charge in [-0.2, -0.15) is 4.98 Å². The van der Waals surface area contributed by atoms with Crippen molar-refractivity contribution in [3.63, 3.8) is 0 Å². The van der Waals surface area contributed by atoms with E-state index in [0.717, 1.165) is 18.5 Å². The summed E-state index contributed by atoms with van der Waals surface area (Å²) < 4.78 is 6.79. The number of aromatic nitrogens is 2. The van der Waals surface area contributed by atoms with Crippen molar-refractivity contribution in [2.75, 3.05) is 0 Å². The molecule has 0 aliphatic heterocycles. The second-order valence-electron chi connectivity index (χ2n) is 4.05. The Morgan fingerprint density at radius 2 is 2.29 bits per heavy atom. The summed E-state index contributed by atoms with van der Waals surface area (Å²) in [5, 5.41) is 0.524. The van der Waals surface area contributed by atoms with Crippen LogP contribution in [0.5, 0.6) is 0 Å². The highest BCUT2D eigenvalue weighted by molar-refractivity contribution is 5.74. The van der Waals surface area contributed by atoms with Crippen molar-refractivity contribution in [3.05, 3.63) is 46.7 Å². The van der Waals surface area contributed by atoms with Gasteiger partial charge in [0.15, 0.2) is 0 Å². The van der Waals surface area contributed by atoms with Gasteiger partial charge in [-0.1, -0.05) is 12.2 Å². The predicted molar refractivity (Wildman–Crippen MR) is 65.7 cm³/mol. The van der Waals surface area contributed by atoms with E-state index < -0.39 is 0 Å². The lowest BCUT2D eigenvalue weighted by atomic mass is 10.1. The molecule has 0 saturated carbocycles. The van der Waals surface area contributed by atoms with E-state index in [1.54, 1.807) is 10.6 Å². The van der Waals surface area contributed by atoms with E-state index in [1.807, 2.05) is 13.0 Å². The van der Waals surface area contributed by atoms with Crippen molar-refractivity contribution in [2.24, 2.45) is 0 Å². The van der Waals surface area contributed by atoms with Crippen molar-refractivity contribution < 1.29 is 4.42 Å². The third-order valence-corrected chi connectivity index (χ3v) is 2.90. The van der Waals surface area contributed by atoms with Gasteiger partial charge in [0.25, 0.3) is 5.56 Å². The zero-order chi connectivity index (χ0) is 11.8. The second kappa shape index (κ2) is 3.73. The molecular weight excluding hydrogens is 216 g/mol. The fourth-order valence-electron chi connectivity index (χ4n) is 2.08. The molecule has 2 aromatic rings. The molecule has 2 heterocycles. The van der Waals surface area contributed by atoms with Gasteiger partial charge in [-0.3, -0.25) is 9.36 Å². The van der Waals surface area contributed by atoms with E-state index in [2.05, 4.69) is 17.1 Å². The molecular formula is C13H12N2O2. The number of furan rings is 1. The fourth-order valence-corrected chi connectivity index (χ4v) is 2.08. The van der Waals surface area contributed by atoms with Crippen LogP contribution in [0.1, 0.15) is 18.7 Å². The van der Waals surface area contributed by atoms with Gasteiger partial charge in [0.05, 0.1) is 6.26 Å². The van der Waals surface area contributed by atoms with E-state index in [4.69, 9.17) is 4.42 Å². The van der Waals surface area contributed by atoms with E-state index >= 15 is 0 Å². The van der Waals surface area contributed by atoms with Gasteiger partial charge in [0.2, 0.25) is 5.71 Å². The summed E-state index contributed by atoms with van der Waals surface area (Å²) in [7, 11) is 0. The first kappa shape index (κ1) is 10.1. The van der Waals surface area contributed by atoms with Gasteiger partial charge in [-0.15, -0.1) is 0 Å². The summed E-state index contributed by atoms with van der Waals surface area (Å²) in [4.78, 5) is 16.6. The fraction of sp³-hybridized carbons (Fsp3) is 0.231. The number of fused-ring (bicyclic) bond motifs is 1. The highest BCUT2D eigenvalue weighted by atomic mass is 16.3. The SMILES string of the molecule is Cc1nc2occc2c(=O)n1C1=CCCC=C1. The normalized spacial score (nSPS) is 15.2. The number of rotatable bonds is 1. The van der Waals surface area contributed by atoms with Crippen LogP contribution in [0.15, 0.2) is 39.8 Å². The number of hydrogen-bond acceptors (Lipinski definition) is 3. The van der Waals surface area contributed by atoms with Crippen molar-refractivity contribution in [1.29, 1.82) is 0 Å². The average Bonchev–Trinajstić information content (AvgIpc) is 2.78. The minimum Gasteiger partial charge on any atom is -0.446 e. The number of allylic oxidation sites excluding steroid dienone is 4.